The van der Waals surface area contributed by atoms with Gasteiger partial charge in [-0.1, -0.05) is 24.3 Å². The lowest BCUT2D eigenvalue weighted by Gasteiger charge is -1.98. The summed E-state index contributed by atoms with van der Waals surface area (Å²) < 4.78 is 24.2. The highest BCUT2D eigenvalue weighted by atomic mass is 32.2. The average molecular weight is 349 g/mol. The first-order chi connectivity index (χ1) is 11.2. The monoisotopic (exact) mass is 349 g/mol. The average Bonchev–Trinajstić information content (AvgIpc) is 2.78. The molecule has 2 aromatic rings. The molecule has 8 nitrogen and oxygen atoms in total. The first-order valence-electron chi connectivity index (χ1n) is 6.46. The quantitative estimate of drug-likeness (QED) is 0.740. The van der Waals surface area contributed by atoms with E-state index in [9.17, 15) is 22.8 Å². The number of hydrogen-bond acceptors (Lipinski definition) is 5. The van der Waals surface area contributed by atoms with Gasteiger partial charge in [0.1, 0.15) is 4.90 Å². The maximum atomic E-state index is 11.1. The van der Waals surface area contributed by atoms with Gasteiger partial charge in [0.25, 0.3) is 15.9 Å². The lowest BCUT2D eigenvalue weighted by atomic mass is 10.1. The molecule has 124 valence electrons. The van der Waals surface area contributed by atoms with E-state index >= 15 is 0 Å². The largest absolute Gasteiger partial charge is 0.478 e. The van der Waals surface area contributed by atoms with E-state index in [4.69, 9.17) is 10.2 Å². The Labute approximate surface area is 136 Å². The highest BCUT2D eigenvalue weighted by Crippen LogP contribution is 2.20. The number of fused-ring (bicyclic) bond motifs is 1. The lowest BCUT2D eigenvalue weighted by Crippen LogP contribution is -2.20. The second-order valence-corrected chi connectivity index (χ2v) is 6.24. The van der Waals surface area contributed by atoms with Crippen LogP contribution < -0.4 is 4.72 Å². The SMILES string of the molecule is O=C(O)c1ccccc1C(=O)O.O=C1NS(=O)(=O)c2ccccc21. The minimum absolute atomic E-state index is 0.0648. The summed E-state index contributed by atoms with van der Waals surface area (Å²) in [6.45, 7) is 0. The minimum Gasteiger partial charge on any atom is -0.478 e. The number of benzene rings is 2. The van der Waals surface area contributed by atoms with Gasteiger partial charge < -0.3 is 10.2 Å². The van der Waals surface area contributed by atoms with Crippen LogP contribution in [0.2, 0.25) is 0 Å². The zero-order valence-electron chi connectivity index (χ0n) is 12.0. The molecule has 0 aromatic heterocycles. The number of sulfonamides is 1. The van der Waals surface area contributed by atoms with Crippen molar-refractivity contribution in [2.24, 2.45) is 0 Å². The number of amides is 1. The highest BCUT2D eigenvalue weighted by Gasteiger charge is 2.31. The third-order valence-electron chi connectivity index (χ3n) is 3.04. The molecule has 24 heavy (non-hydrogen) atoms. The summed E-state index contributed by atoms with van der Waals surface area (Å²) in [5.74, 6) is -3.01. The molecular weight excluding hydrogens is 338 g/mol. The van der Waals surface area contributed by atoms with E-state index in [2.05, 4.69) is 0 Å². The Morgan fingerprint density at radius 3 is 1.75 bits per heavy atom. The highest BCUT2D eigenvalue weighted by molar-refractivity contribution is 7.90. The van der Waals surface area contributed by atoms with Crippen molar-refractivity contribution in [2.45, 2.75) is 4.90 Å². The molecule has 0 atom stereocenters. The Bertz CT molecular complexity index is 901. The van der Waals surface area contributed by atoms with Crippen LogP contribution in [0.3, 0.4) is 0 Å². The van der Waals surface area contributed by atoms with Gasteiger partial charge in [-0.05, 0) is 24.3 Å². The van der Waals surface area contributed by atoms with E-state index in [1.165, 1.54) is 36.4 Å². The van der Waals surface area contributed by atoms with Crippen LogP contribution in [0.15, 0.2) is 53.4 Å². The zero-order valence-corrected chi connectivity index (χ0v) is 12.8. The summed E-state index contributed by atoms with van der Waals surface area (Å²) in [5, 5.41) is 17.1. The molecular formula is C15H11NO7S. The van der Waals surface area contributed by atoms with Crippen LogP contribution in [0.5, 0.6) is 0 Å². The van der Waals surface area contributed by atoms with Gasteiger partial charge in [-0.15, -0.1) is 0 Å². The van der Waals surface area contributed by atoms with E-state index in [1.54, 1.807) is 12.1 Å². The fourth-order valence-corrected chi connectivity index (χ4v) is 3.15. The lowest BCUT2D eigenvalue weighted by molar-refractivity contribution is 0.0651. The summed E-state index contributed by atoms with van der Waals surface area (Å²) in [7, 11) is -3.55. The molecule has 3 N–H and O–H groups in total. The van der Waals surface area contributed by atoms with Crippen molar-refractivity contribution in [3.63, 3.8) is 0 Å². The number of nitrogens with one attached hydrogen (secondary N) is 1. The molecule has 1 aliphatic rings. The molecule has 0 saturated heterocycles. The van der Waals surface area contributed by atoms with E-state index in [0.717, 1.165) is 0 Å². The number of carbonyl (C=O) groups excluding carboxylic acids is 1. The van der Waals surface area contributed by atoms with Crippen LogP contribution in [0.1, 0.15) is 31.1 Å². The molecule has 1 aliphatic heterocycles. The fourth-order valence-electron chi connectivity index (χ4n) is 1.98. The molecule has 1 heterocycles. The van der Waals surface area contributed by atoms with Crippen LogP contribution in [0.25, 0.3) is 0 Å². The minimum atomic E-state index is -3.55. The van der Waals surface area contributed by atoms with Crippen molar-refractivity contribution in [2.75, 3.05) is 0 Å². The van der Waals surface area contributed by atoms with E-state index in [1.807, 2.05) is 4.72 Å². The summed E-state index contributed by atoms with van der Waals surface area (Å²) >= 11 is 0. The maximum Gasteiger partial charge on any atom is 0.336 e. The number of carboxylic acid groups (broad SMARTS) is 2. The summed E-state index contributed by atoms with van der Waals surface area (Å²) in [5.41, 5.74) is -0.160. The van der Waals surface area contributed by atoms with Crippen molar-refractivity contribution in [1.82, 2.24) is 4.72 Å². The second kappa shape index (κ2) is 6.50. The first-order valence-corrected chi connectivity index (χ1v) is 7.94. The predicted molar refractivity (Wildman–Crippen MR) is 81.5 cm³/mol. The normalized spacial score (nSPS) is 13.9. The van der Waals surface area contributed by atoms with Crippen molar-refractivity contribution in [3.05, 3.63) is 65.2 Å². The van der Waals surface area contributed by atoms with Crippen molar-refractivity contribution < 1.29 is 33.0 Å². The summed E-state index contributed by atoms with van der Waals surface area (Å²) in [6, 6.07) is 11.6. The Morgan fingerprint density at radius 2 is 1.29 bits per heavy atom. The van der Waals surface area contributed by atoms with Gasteiger partial charge in [-0.25, -0.2) is 22.7 Å². The van der Waals surface area contributed by atoms with Crippen LogP contribution in [0, 0.1) is 0 Å². The third-order valence-corrected chi connectivity index (χ3v) is 4.43. The molecule has 1 amide bonds. The van der Waals surface area contributed by atoms with Gasteiger partial charge >= 0.3 is 11.9 Å². The second-order valence-electron chi connectivity index (χ2n) is 4.59. The number of hydrogen-bond donors (Lipinski definition) is 3. The van der Waals surface area contributed by atoms with Gasteiger partial charge in [0, 0.05) is 0 Å². The Hall–Kier alpha value is -3.20. The number of carbonyl (C=O) groups is 3. The molecule has 0 unspecified atom stereocenters. The van der Waals surface area contributed by atoms with E-state index in [0.29, 0.717) is 0 Å². The van der Waals surface area contributed by atoms with Gasteiger partial charge in [0.15, 0.2) is 0 Å². The number of aromatic carboxylic acids is 2. The van der Waals surface area contributed by atoms with Gasteiger partial charge in [0.2, 0.25) is 0 Å². The molecule has 3 rings (SSSR count). The third kappa shape index (κ3) is 3.41. The molecule has 0 radical (unpaired) electrons. The number of carboxylic acids is 2. The smallest absolute Gasteiger partial charge is 0.336 e. The molecule has 0 fully saturated rings. The standard InChI is InChI=1S/C8H6O4.C7H5NO3S/c9-7(10)5-3-1-2-4-6(5)8(11)12;9-7-5-3-1-2-4-6(5)12(10,11)8-7/h1-4H,(H,9,10)(H,11,12);1-4H,(H,8,9). The van der Waals surface area contributed by atoms with Gasteiger partial charge in [-0.2, -0.15) is 0 Å². The molecule has 2 aromatic carbocycles. The number of rotatable bonds is 2. The van der Waals surface area contributed by atoms with Crippen LogP contribution >= 0.6 is 0 Å². The summed E-state index contributed by atoms with van der Waals surface area (Å²) in [6.07, 6.45) is 0. The van der Waals surface area contributed by atoms with Crippen molar-refractivity contribution >= 4 is 27.9 Å². The first kappa shape index (κ1) is 17.2. The molecule has 0 spiro atoms. The summed E-state index contributed by atoms with van der Waals surface area (Å²) in [4.78, 5) is 32.0. The Balaban J connectivity index is 0.000000174. The maximum absolute atomic E-state index is 11.1. The van der Waals surface area contributed by atoms with Crippen LogP contribution in [-0.4, -0.2) is 36.5 Å². The Morgan fingerprint density at radius 1 is 0.833 bits per heavy atom. The van der Waals surface area contributed by atoms with Crippen molar-refractivity contribution in [3.8, 4) is 0 Å². The molecule has 0 aliphatic carbocycles. The zero-order chi connectivity index (χ0) is 17.9. The van der Waals surface area contributed by atoms with Crippen molar-refractivity contribution in [1.29, 1.82) is 0 Å². The molecule has 9 heteroatoms. The molecule has 0 bridgehead atoms. The van der Waals surface area contributed by atoms with Gasteiger partial charge in [-0.3, -0.25) is 4.79 Å². The topological polar surface area (TPSA) is 138 Å². The van der Waals surface area contributed by atoms with Crippen LogP contribution in [0.4, 0.5) is 0 Å². The molecule has 0 saturated carbocycles. The Kier molecular flexibility index (Phi) is 4.65. The van der Waals surface area contributed by atoms with E-state index in [-0.39, 0.29) is 21.6 Å². The fraction of sp³-hybridized carbons (Fsp3) is 0. The van der Waals surface area contributed by atoms with Gasteiger partial charge in [0.05, 0.1) is 16.7 Å². The van der Waals surface area contributed by atoms with E-state index < -0.39 is 27.9 Å². The predicted octanol–water partition coefficient (Wildman–Crippen LogP) is 1.20. The van der Waals surface area contributed by atoms with Crippen LogP contribution in [-0.2, 0) is 10.0 Å².